The Morgan fingerprint density at radius 1 is 1.14 bits per heavy atom. The molecule has 0 N–H and O–H groups in total. The highest BCUT2D eigenvalue weighted by Gasteiger charge is 2.47. The second kappa shape index (κ2) is 4.22. The van der Waals surface area contributed by atoms with Crippen LogP contribution in [0.25, 0.3) is 5.65 Å². The number of fused-ring (bicyclic) bond motifs is 2. The normalized spacial score (nSPS) is 18.8. The van der Waals surface area contributed by atoms with Crippen molar-refractivity contribution in [2.24, 2.45) is 5.41 Å². The minimum atomic E-state index is 0.233. The fraction of sp³-hybridized carbons (Fsp3) is 0.294. The number of imidazole rings is 1. The molecule has 0 atom stereocenters. The molecular formula is C17H16N4O. The van der Waals surface area contributed by atoms with E-state index < -0.39 is 0 Å². The Hall–Kier alpha value is -2.56. The van der Waals surface area contributed by atoms with E-state index in [1.165, 1.54) is 5.56 Å². The zero-order valence-electron chi connectivity index (χ0n) is 12.1. The molecule has 2 aromatic heterocycles. The summed E-state index contributed by atoms with van der Waals surface area (Å²) in [5, 5.41) is 0. The molecule has 1 saturated heterocycles. The van der Waals surface area contributed by atoms with E-state index >= 15 is 0 Å². The van der Waals surface area contributed by atoms with Gasteiger partial charge in [-0.25, -0.2) is 4.98 Å². The lowest BCUT2D eigenvalue weighted by atomic mass is 9.74. The van der Waals surface area contributed by atoms with E-state index in [1.807, 2.05) is 24.7 Å². The summed E-state index contributed by atoms with van der Waals surface area (Å²) in [7, 11) is 0. The van der Waals surface area contributed by atoms with Gasteiger partial charge < -0.3 is 9.64 Å². The molecule has 4 heterocycles. The molecule has 2 aliphatic heterocycles. The lowest BCUT2D eigenvalue weighted by molar-refractivity contribution is 0.0872. The third-order valence-electron chi connectivity index (χ3n) is 4.74. The molecule has 0 aliphatic carbocycles. The van der Waals surface area contributed by atoms with Gasteiger partial charge in [-0.1, -0.05) is 18.2 Å². The first-order valence-corrected chi connectivity index (χ1v) is 7.56. The SMILES string of the molecule is c1ccc2c(c1)CC1(CO2)CN(c2cncc3nccn23)C1. The highest BCUT2D eigenvalue weighted by Crippen LogP contribution is 2.42. The number of benzene rings is 1. The highest BCUT2D eigenvalue weighted by molar-refractivity contribution is 5.51. The minimum absolute atomic E-state index is 0.233. The summed E-state index contributed by atoms with van der Waals surface area (Å²) in [6, 6.07) is 8.37. The van der Waals surface area contributed by atoms with E-state index in [0.717, 1.165) is 43.3 Å². The monoisotopic (exact) mass is 292 g/mol. The topological polar surface area (TPSA) is 42.7 Å². The maximum Gasteiger partial charge on any atom is 0.156 e. The molecule has 0 unspecified atom stereocenters. The molecule has 2 aliphatic rings. The van der Waals surface area contributed by atoms with Gasteiger partial charge in [-0.2, -0.15) is 0 Å². The minimum Gasteiger partial charge on any atom is -0.493 e. The van der Waals surface area contributed by atoms with Crippen LogP contribution in [0.4, 0.5) is 5.82 Å². The molecule has 110 valence electrons. The third-order valence-corrected chi connectivity index (χ3v) is 4.74. The van der Waals surface area contributed by atoms with Crippen molar-refractivity contribution in [1.82, 2.24) is 14.4 Å². The molecule has 0 amide bonds. The number of rotatable bonds is 1. The first kappa shape index (κ1) is 12.0. The zero-order valence-corrected chi connectivity index (χ0v) is 12.1. The second-order valence-electron chi connectivity index (χ2n) is 6.35. The molecule has 22 heavy (non-hydrogen) atoms. The van der Waals surface area contributed by atoms with Crippen molar-refractivity contribution in [3.8, 4) is 5.75 Å². The van der Waals surface area contributed by atoms with Crippen molar-refractivity contribution in [1.29, 1.82) is 0 Å². The van der Waals surface area contributed by atoms with Gasteiger partial charge in [0.15, 0.2) is 5.65 Å². The Bertz CT molecular complexity index is 850. The predicted octanol–water partition coefficient (Wildman–Crippen LogP) is 2.17. The standard InChI is InChI=1S/C17H16N4O/c1-2-4-14-13(3-1)7-17(12-22-14)10-20(11-17)16-9-18-8-15-19-5-6-21(15)16/h1-6,8-9H,7,10-12H2. The molecule has 1 fully saturated rings. The van der Waals surface area contributed by atoms with Gasteiger partial charge >= 0.3 is 0 Å². The zero-order chi connectivity index (χ0) is 14.6. The van der Waals surface area contributed by atoms with Gasteiger partial charge in [-0.05, 0) is 18.1 Å². The van der Waals surface area contributed by atoms with Crippen molar-refractivity contribution in [2.75, 3.05) is 24.6 Å². The van der Waals surface area contributed by atoms with Crippen LogP contribution in [0, 0.1) is 5.41 Å². The van der Waals surface area contributed by atoms with Crippen molar-refractivity contribution < 1.29 is 4.74 Å². The Morgan fingerprint density at radius 2 is 2.05 bits per heavy atom. The van der Waals surface area contributed by atoms with Crippen LogP contribution in [-0.4, -0.2) is 34.1 Å². The highest BCUT2D eigenvalue weighted by atomic mass is 16.5. The van der Waals surface area contributed by atoms with Crippen molar-refractivity contribution in [3.05, 3.63) is 54.6 Å². The van der Waals surface area contributed by atoms with Crippen molar-refractivity contribution >= 4 is 11.5 Å². The molecule has 1 aromatic carbocycles. The molecule has 5 rings (SSSR count). The van der Waals surface area contributed by atoms with E-state index in [0.29, 0.717) is 0 Å². The predicted molar refractivity (Wildman–Crippen MR) is 83.3 cm³/mol. The van der Waals surface area contributed by atoms with Gasteiger partial charge in [-0.15, -0.1) is 0 Å². The molecule has 0 saturated carbocycles. The molecule has 3 aromatic rings. The summed E-state index contributed by atoms with van der Waals surface area (Å²) in [6.07, 6.45) is 8.60. The van der Waals surface area contributed by atoms with Crippen molar-refractivity contribution in [3.63, 3.8) is 0 Å². The van der Waals surface area contributed by atoms with Gasteiger partial charge in [0.05, 0.1) is 19.0 Å². The average Bonchev–Trinajstić information content (AvgIpc) is 3.01. The number of ether oxygens (including phenoxy) is 1. The lowest BCUT2D eigenvalue weighted by Gasteiger charge is -2.52. The molecule has 1 spiro atoms. The summed E-state index contributed by atoms with van der Waals surface area (Å²) in [6.45, 7) is 2.80. The summed E-state index contributed by atoms with van der Waals surface area (Å²) in [4.78, 5) is 11.0. The number of anilines is 1. The van der Waals surface area contributed by atoms with Gasteiger partial charge in [0, 0.05) is 30.9 Å². The smallest absolute Gasteiger partial charge is 0.156 e. The summed E-state index contributed by atoms with van der Waals surface area (Å²) >= 11 is 0. The van der Waals surface area contributed by atoms with Crippen LogP contribution in [0.2, 0.25) is 0 Å². The quantitative estimate of drug-likeness (QED) is 0.689. The van der Waals surface area contributed by atoms with E-state index in [4.69, 9.17) is 4.74 Å². The second-order valence-corrected chi connectivity index (χ2v) is 6.35. The largest absolute Gasteiger partial charge is 0.493 e. The van der Waals surface area contributed by atoms with Gasteiger partial charge in [-0.3, -0.25) is 9.38 Å². The van der Waals surface area contributed by atoms with Gasteiger partial charge in [0.2, 0.25) is 0 Å². The van der Waals surface area contributed by atoms with Crippen LogP contribution in [0.5, 0.6) is 5.75 Å². The van der Waals surface area contributed by atoms with Crippen LogP contribution in [0.15, 0.2) is 49.1 Å². The van der Waals surface area contributed by atoms with E-state index in [9.17, 15) is 0 Å². The summed E-state index contributed by atoms with van der Waals surface area (Å²) in [5.74, 6) is 2.16. The van der Waals surface area contributed by atoms with E-state index in [2.05, 4.69) is 37.5 Å². The maximum atomic E-state index is 5.98. The Kier molecular flexibility index (Phi) is 2.31. The van der Waals surface area contributed by atoms with E-state index in [-0.39, 0.29) is 5.41 Å². The summed E-state index contributed by atoms with van der Waals surface area (Å²) in [5.41, 5.74) is 2.45. The molecule has 0 radical (unpaired) electrons. The summed E-state index contributed by atoms with van der Waals surface area (Å²) < 4.78 is 8.07. The fourth-order valence-corrected chi connectivity index (χ4v) is 3.68. The molecule has 5 heteroatoms. The average molecular weight is 292 g/mol. The van der Waals surface area contributed by atoms with Crippen LogP contribution in [0.1, 0.15) is 5.56 Å². The fourth-order valence-electron chi connectivity index (χ4n) is 3.68. The van der Waals surface area contributed by atoms with E-state index in [1.54, 1.807) is 6.20 Å². The first-order valence-electron chi connectivity index (χ1n) is 7.56. The molecule has 0 bridgehead atoms. The van der Waals surface area contributed by atoms with Crippen LogP contribution < -0.4 is 9.64 Å². The number of nitrogens with zero attached hydrogens (tertiary/aromatic N) is 4. The third kappa shape index (κ3) is 1.65. The lowest BCUT2D eigenvalue weighted by Crippen LogP contribution is -2.61. The Balaban J connectivity index is 1.42. The Morgan fingerprint density at radius 3 is 3.00 bits per heavy atom. The molecule has 5 nitrogen and oxygen atoms in total. The molecular weight excluding hydrogens is 276 g/mol. The first-order chi connectivity index (χ1) is 10.8. The maximum absolute atomic E-state index is 5.98. The van der Waals surface area contributed by atoms with Crippen LogP contribution >= 0.6 is 0 Å². The number of hydrogen-bond acceptors (Lipinski definition) is 4. The van der Waals surface area contributed by atoms with Gasteiger partial charge in [0.25, 0.3) is 0 Å². The van der Waals surface area contributed by atoms with Crippen LogP contribution in [-0.2, 0) is 6.42 Å². The van der Waals surface area contributed by atoms with Crippen molar-refractivity contribution in [2.45, 2.75) is 6.42 Å². The van der Waals surface area contributed by atoms with Crippen LogP contribution in [0.3, 0.4) is 0 Å². The van der Waals surface area contributed by atoms with Gasteiger partial charge in [0.1, 0.15) is 11.6 Å². The number of para-hydroxylation sites is 1. The Labute approximate surface area is 128 Å². The number of aromatic nitrogens is 3. The number of hydrogen-bond donors (Lipinski definition) is 0.